The Balaban J connectivity index is 2.41. The van der Waals surface area contributed by atoms with E-state index < -0.39 is 11.9 Å². The number of amides is 1. The molecule has 2 rings (SSSR count). The summed E-state index contributed by atoms with van der Waals surface area (Å²) in [5.41, 5.74) is 6.06. The van der Waals surface area contributed by atoms with Crippen LogP contribution in [0, 0.1) is 0 Å². The Morgan fingerprint density at radius 1 is 1.30 bits per heavy atom. The fourth-order valence-corrected chi connectivity index (χ4v) is 2.35. The monoisotopic (exact) mass is 384 g/mol. The molecule has 1 heterocycles. The number of primary amides is 1. The molecule has 1 aromatic heterocycles. The number of aromatic nitrogens is 3. The van der Waals surface area contributed by atoms with Gasteiger partial charge in [-0.15, -0.1) is 0 Å². The Hall–Kier alpha value is -2.62. The summed E-state index contributed by atoms with van der Waals surface area (Å²) in [4.78, 5) is 22.5. The van der Waals surface area contributed by atoms with Gasteiger partial charge in [0.05, 0.1) is 18.7 Å². The summed E-state index contributed by atoms with van der Waals surface area (Å²) in [7, 11) is 2.70. The van der Waals surface area contributed by atoms with Gasteiger partial charge in [-0.2, -0.15) is 15.4 Å². The summed E-state index contributed by atoms with van der Waals surface area (Å²) in [5, 5.41) is 9.97. The van der Waals surface area contributed by atoms with Gasteiger partial charge in [0.25, 0.3) is 5.91 Å². The fourth-order valence-electron chi connectivity index (χ4n) is 1.79. The Kier molecular flexibility index (Phi) is 5.16. The zero-order valence-corrected chi connectivity index (χ0v) is 13.8. The van der Waals surface area contributed by atoms with Crippen LogP contribution in [0.25, 0.3) is 11.3 Å². The van der Waals surface area contributed by atoms with Crippen molar-refractivity contribution >= 4 is 27.8 Å². The maximum Gasteiger partial charge on any atom is 0.343 e. The molecule has 0 aliphatic heterocycles. The van der Waals surface area contributed by atoms with E-state index >= 15 is 0 Å². The molecular weight excluding hydrogens is 372 g/mol. The molecule has 1 aromatic carbocycles. The van der Waals surface area contributed by atoms with Gasteiger partial charge in [-0.05, 0) is 28.1 Å². The number of nitrogens with one attached hydrogen (secondary N) is 1. The zero-order chi connectivity index (χ0) is 17.0. The number of benzene rings is 1. The van der Waals surface area contributed by atoms with Crippen molar-refractivity contribution < 1.29 is 23.8 Å². The van der Waals surface area contributed by atoms with Gasteiger partial charge in [0, 0.05) is 5.56 Å². The summed E-state index contributed by atoms with van der Waals surface area (Å²) in [6.45, 7) is -0.276. The molecule has 122 valence electrons. The number of ether oxygens (including phenoxy) is 3. The number of nitrogens with zero attached hydrogens (tertiary/aromatic N) is 2. The Labute approximate surface area is 139 Å². The third-order valence-electron chi connectivity index (χ3n) is 2.85. The summed E-state index contributed by atoms with van der Waals surface area (Å²) in [5.74, 6) is -0.604. The van der Waals surface area contributed by atoms with Crippen molar-refractivity contribution in [2.45, 2.75) is 0 Å². The molecule has 0 radical (unpaired) electrons. The summed E-state index contributed by atoms with van der Waals surface area (Å²) >= 11 is 3.33. The van der Waals surface area contributed by atoms with E-state index in [9.17, 15) is 9.59 Å². The molecule has 3 N–H and O–H groups in total. The van der Waals surface area contributed by atoms with Crippen LogP contribution >= 0.6 is 15.9 Å². The van der Waals surface area contributed by atoms with Crippen molar-refractivity contribution in [3.8, 4) is 22.8 Å². The summed E-state index contributed by atoms with van der Waals surface area (Å²) < 4.78 is 15.6. The van der Waals surface area contributed by atoms with E-state index in [1.165, 1.54) is 14.2 Å². The van der Waals surface area contributed by atoms with Crippen molar-refractivity contribution in [1.29, 1.82) is 0 Å². The van der Waals surface area contributed by atoms with Crippen LogP contribution in [0.15, 0.2) is 16.6 Å². The molecule has 0 aliphatic carbocycles. The molecule has 9 nitrogen and oxygen atoms in total. The molecule has 0 atom stereocenters. The minimum Gasteiger partial charge on any atom is -0.493 e. The van der Waals surface area contributed by atoms with E-state index in [4.69, 9.17) is 15.2 Å². The molecule has 0 spiro atoms. The summed E-state index contributed by atoms with van der Waals surface area (Å²) in [6.07, 6.45) is 0. The highest BCUT2D eigenvalue weighted by atomic mass is 79.9. The molecule has 0 unspecified atom stereocenters. The van der Waals surface area contributed by atoms with Crippen LogP contribution in [0.4, 0.5) is 0 Å². The second-order valence-electron chi connectivity index (χ2n) is 4.24. The predicted octanol–water partition coefficient (Wildman–Crippen LogP) is 0.893. The third kappa shape index (κ3) is 3.59. The van der Waals surface area contributed by atoms with Crippen LogP contribution in [0.5, 0.6) is 11.5 Å². The van der Waals surface area contributed by atoms with Gasteiger partial charge in [0.2, 0.25) is 0 Å². The maximum absolute atomic E-state index is 11.4. The van der Waals surface area contributed by atoms with E-state index in [0.717, 1.165) is 0 Å². The number of nitrogens with two attached hydrogens (primary N) is 1. The smallest absolute Gasteiger partial charge is 0.343 e. The van der Waals surface area contributed by atoms with Crippen LogP contribution < -0.4 is 15.2 Å². The second kappa shape index (κ2) is 7.09. The number of esters is 1. The van der Waals surface area contributed by atoms with Gasteiger partial charge in [0.15, 0.2) is 23.8 Å². The van der Waals surface area contributed by atoms with E-state index in [-0.39, 0.29) is 18.0 Å². The van der Waals surface area contributed by atoms with Gasteiger partial charge in [-0.1, -0.05) is 0 Å². The molecule has 2 aromatic rings. The van der Waals surface area contributed by atoms with Gasteiger partial charge in [-0.25, -0.2) is 4.79 Å². The first-order chi connectivity index (χ1) is 11.0. The molecule has 10 heteroatoms. The van der Waals surface area contributed by atoms with Gasteiger partial charge in [0.1, 0.15) is 5.69 Å². The third-order valence-corrected chi connectivity index (χ3v) is 3.44. The van der Waals surface area contributed by atoms with E-state index in [1.807, 2.05) is 0 Å². The first-order valence-electron chi connectivity index (χ1n) is 6.26. The number of hydrogen-bond acceptors (Lipinski definition) is 7. The maximum atomic E-state index is 11.4. The lowest BCUT2D eigenvalue weighted by Gasteiger charge is -2.13. The van der Waals surface area contributed by atoms with Crippen molar-refractivity contribution in [3.05, 3.63) is 22.3 Å². The van der Waals surface area contributed by atoms with Crippen LogP contribution in [0.1, 0.15) is 10.5 Å². The number of halogens is 1. The number of rotatable bonds is 6. The average Bonchev–Trinajstić information content (AvgIpc) is 3.02. The molecule has 0 aliphatic rings. The predicted molar refractivity (Wildman–Crippen MR) is 82.1 cm³/mol. The number of aromatic amines is 1. The van der Waals surface area contributed by atoms with Crippen molar-refractivity contribution in [2.75, 3.05) is 20.8 Å². The second-order valence-corrected chi connectivity index (χ2v) is 5.09. The molecular formula is C13H13BrN4O5. The Morgan fingerprint density at radius 3 is 2.65 bits per heavy atom. The van der Waals surface area contributed by atoms with Crippen LogP contribution in [0.2, 0.25) is 0 Å². The van der Waals surface area contributed by atoms with Gasteiger partial charge in [-0.3, -0.25) is 4.79 Å². The molecule has 0 bridgehead atoms. The fraction of sp³-hybridized carbons (Fsp3) is 0.231. The van der Waals surface area contributed by atoms with Crippen molar-refractivity contribution in [2.24, 2.45) is 5.73 Å². The first-order valence-corrected chi connectivity index (χ1v) is 7.05. The van der Waals surface area contributed by atoms with E-state index in [2.05, 4.69) is 36.1 Å². The average molecular weight is 385 g/mol. The van der Waals surface area contributed by atoms with Crippen molar-refractivity contribution in [3.63, 3.8) is 0 Å². The number of hydrogen-bond donors (Lipinski definition) is 2. The van der Waals surface area contributed by atoms with Crippen LogP contribution in [-0.2, 0) is 9.53 Å². The first kappa shape index (κ1) is 16.7. The normalized spacial score (nSPS) is 10.2. The zero-order valence-electron chi connectivity index (χ0n) is 12.3. The Bertz CT molecular complexity index is 746. The van der Waals surface area contributed by atoms with Gasteiger partial charge >= 0.3 is 5.97 Å². The standard InChI is InChI=1S/C13H13BrN4O5/c1-21-8-4-6(10-11(13(15)20)17-18-16-10)3-7(14)12(8)23-5-9(19)22-2/h3-4H,5H2,1-2H3,(H2,15,20)(H,16,17,18). The minimum absolute atomic E-state index is 0.00202. The SMILES string of the molecule is COC(=O)COc1c(Br)cc(-c2n[nH]nc2C(N)=O)cc1OC. The van der Waals surface area contributed by atoms with E-state index in [0.29, 0.717) is 21.5 Å². The van der Waals surface area contributed by atoms with Crippen molar-refractivity contribution in [1.82, 2.24) is 15.4 Å². The molecule has 0 saturated carbocycles. The number of carbonyl (C=O) groups excluding carboxylic acids is 2. The number of methoxy groups -OCH3 is 2. The number of carbonyl (C=O) groups is 2. The lowest BCUT2D eigenvalue weighted by atomic mass is 10.1. The van der Waals surface area contributed by atoms with Gasteiger partial charge < -0.3 is 19.9 Å². The molecule has 0 saturated heterocycles. The molecule has 23 heavy (non-hydrogen) atoms. The highest BCUT2D eigenvalue weighted by Crippen LogP contribution is 2.39. The lowest BCUT2D eigenvalue weighted by Crippen LogP contribution is -2.14. The lowest BCUT2D eigenvalue weighted by molar-refractivity contribution is -0.142. The Morgan fingerprint density at radius 2 is 2.04 bits per heavy atom. The molecule has 0 fully saturated rings. The van der Waals surface area contributed by atoms with Crippen LogP contribution in [0.3, 0.4) is 0 Å². The largest absolute Gasteiger partial charge is 0.493 e. The quantitative estimate of drug-likeness (QED) is 0.707. The molecule has 1 amide bonds. The van der Waals surface area contributed by atoms with Crippen LogP contribution in [-0.4, -0.2) is 48.1 Å². The highest BCUT2D eigenvalue weighted by molar-refractivity contribution is 9.10. The summed E-state index contributed by atoms with van der Waals surface area (Å²) in [6, 6.07) is 3.22. The minimum atomic E-state index is -0.713. The van der Waals surface area contributed by atoms with E-state index in [1.54, 1.807) is 12.1 Å². The highest BCUT2D eigenvalue weighted by Gasteiger charge is 2.20. The number of H-pyrrole nitrogens is 1. The topological polar surface area (TPSA) is 129 Å².